The molecule has 0 aliphatic heterocycles. The summed E-state index contributed by atoms with van der Waals surface area (Å²) in [4.78, 5) is 10.9. The summed E-state index contributed by atoms with van der Waals surface area (Å²) in [6.45, 7) is 1.48. The third-order valence-corrected chi connectivity index (χ3v) is 3.21. The number of nitrogens with zero attached hydrogens (tertiary/aromatic N) is 1. The lowest BCUT2D eigenvalue weighted by atomic mass is 9.96. The van der Waals surface area contributed by atoms with Gasteiger partial charge in [-0.3, -0.25) is 4.79 Å². The average Bonchev–Trinajstić information content (AvgIpc) is 2.18. The van der Waals surface area contributed by atoms with Crippen LogP contribution in [0.5, 0.6) is 0 Å². The highest BCUT2D eigenvalue weighted by Gasteiger charge is 2.13. The zero-order chi connectivity index (χ0) is 11.4. The number of carbonyl (C=O) groups excluding carboxylic acids is 1. The van der Waals surface area contributed by atoms with Crippen molar-refractivity contribution in [3.8, 4) is 6.07 Å². The maximum absolute atomic E-state index is 10.9. The largest absolute Gasteiger partial charge is 0.300 e. The van der Waals surface area contributed by atoms with Crippen molar-refractivity contribution in [3.63, 3.8) is 0 Å². The van der Waals surface area contributed by atoms with Crippen LogP contribution in [0.1, 0.15) is 24.8 Å². The summed E-state index contributed by atoms with van der Waals surface area (Å²) in [5.41, 5.74) is 0.809. The first-order chi connectivity index (χ1) is 7.04. The molecule has 0 N–H and O–H groups in total. The molecule has 1 unspecified atom stereocenters. The van der Waals surface area contributed by atoms with Crippen LogP contribution in [-0.4, -0.2) is 5.78 Å². The molecule has 2 nitrogen and oxygen atoms in total. The van der Waals surface area contributed by atoms with Crippen LogP contribution in [-0.2, 0) is 4.79 Å². The molecule has 0 fully saturated rings. The molecule has 1 aromatic rings. The fourth-order valence-electron chi connectivity index (χ4n) is 1.25. The highest BCUT2D eigenvalue weighted by molar-refractivity contribution is 9.10. The van der Waals surface area contributed by atoms with Gasteiger partial charge in [0.05, 0.1) is 17.0 Å². The number of halogens is 2. The van der Waals surface area contributed by atoms with Gasteiger partial charge >= 0.3 is 0 Å². The zero-order valence-corrected chi connectivity index (χ0v) is 10.5. The molecule has 0 saturated carbocycles. The van der Waals surface area contributed by atoms with E-state index in [1.54, 1.807) is 18.2 Å². The van der Waals surface area contributed by atoms with Crippen molar-refractivity contribution in [1.29, 1.82) is 5.26 Å². The van der Waals surface area contributed by atoms with Crippen LogP contribution in [0, 0.1) is 11.3 Å². The van der Waals surface area contributed by atoms with Crippen LogP contribution in [0.15, 0.2) is 22.7 Å². The van der Waals surface area contributed by atoms with Crippen molar-refractivity contribution < 1.29 is 4.79 Å². The number of carbonyl (C=O) groups is 1. The first-order valence-electron chi connectivity index (χ1n) is 4.38. The minimum Gasteiger partial charge on any atom is -0.300 e. The van der Waals surface area contributed by atoms with Crippen molar-refractivity contribution in [2.45, 2.75) is 19.3 Å². The van der Waals surface area contributed by atoms with Crippen LogP contribution in [0.25, 0.3) is 0 Å². The highest BCUT2D eigenvalue weighted by Crippen LogP contribution is 2.28. The van der Waals surface area contributed by atoms with Crippen LogP contribution < -0.4 is 0 Å². The van der Waals surface area contributed by atoms with E-state index in [2.05, 4.69) is 22.0 Å². The third kappa shape index (κ3) is 3.33. The normalized spacial score (nSPS) is 11.9. The highest BCUT2D eigenvalue weighted by atomic mass is 79.9. The maximum Gasteiger partial charge on any atom is 0.131 e. The van der Waals surface area contributed by atoms with E-state index in [1.807, 2.05) is 0 Å². The first-order valence-corrected chi connectivity index (χ1v) is 5.55. The van der Waals surface area contributed by atoms with Gasteiger partial charge in [0.15, 0.2) is 0 Å². The number of nitriles is 1. The molecule has 0 amide bonds. The third-order valence-electron chi connectivity index (χ3n) is 1.99. The standard InChI is InChI=1S/C11H9BrClNO/c1-7(15)4-9(6-14)8-2-3-11(13)10(12)5-8/h2-3,5,9H,4H2,1H3. The summed E-state index contributed by atoms with van der Waals surface area (Å²) in [5, 5.41) is 9.53. The first kappa shape index (κ1) is 12.2. The number of rotatable bonds is 3. The lowest BCUT2D eigenvalue weighted by Gasteiger charge is -2.08. The molecule has 78 valence electrons. The minimum atomic E-state index is -0.393. The molecule has 15 heavy (non-hydrogen) atoms. The van der Waals surface area contributed by atoms with Gasteiger partial charge in [0.2, 0.25) is 0 Å². The summed E-state index contributed by atoms with van der Waals surface area (Å²) >= 11 is 9.12. The molecule has 0 aliphatic rings. The number of Topliss-reactive ketones (excluding diaryl/α,β-unsaturated/α-hetero) is 1. The second kappa shape index (κ2) is 5.29. The Bertz CT molecular complexity index is 425. The van der Waals surface area contributed by atoms with Crippen LogP contribution in [0.2, 0.25) is 5.02 Å². The molecule has 0 spiro atoms. The minimum absolute atomic E-state index is 0.00706. The Hall–Kier alpha value is -0.850. The summed E-state index contributed by atoms with van der Waals surface area (Å²) in [5.74, 6) is -0.385. The molecular formula is C11H9BrClNO. The van der Waals surface area contributed by atoms with Gasteiger partial charge in [-0.2, -0.15) is 5.26 Å². The molecule has 1 rings (SSSR count). The summed E-state index contributed by atoms with van der Waals surface area (Å²) in [7, 11) is 0. The van der Waals surface area contributed by atoms with Crippen molar-refractivity contribution in [2.75, 3.05) is 0 Å². The Labute approximate surface area is 102 Å². The van der Waals surface area contributed by atoms with E-state index in [-0.39, 0.29) is 12.2 Å². The van der Waals surface area contributed by atoms with Gasteiger partial charge in [0.25, 0.3) is 0 Å². The molecule has 0 bridgehead atoms. The van der Waals surface area contributed by atoms with Crippen LogP contribution in [0.3, 0.4) is 0 Å². The van der Waals surface area contributed by atoms with Crippen LogP contribution >= 0.6 is 27.5 Å². The van der Waals surface area contributed by atoms with Gasteiger partial charge in [-0.15, -0.1) is 0 Å². The monoisotopic (exact) mass is 285 g/mol. The number of benzene rings is 1. The van der Waals surface area contributed by atoms with E-state index in [1.165, 1.54) is 6.92 Å². The molecule has 0 radical (unpaired) electrons. The molecular weight excluding hydrogens is 277 g/mol. The lowest BCUT2D eigenvalue weighted by Crippen LogP contribution is -2.02. The predicted molar refractivity (Wildman–Crippen MR) is 62.8 cm³/mol. The molecule has 4 heteroatoms. The fraction of sp³-hybridized carbons (Fsp3) is 0.273. The van der Waals surface area contributed by atoms with E-state index in [0.29, 0.717) is 5.02 Å². The van der Waals surface area contributed by atoms with E-state index >= 15 is 0 Å². The van der Waals surface area contributed by atoms with E-state index in [0.717, 1.165) is 10.0 Å². The number of hydrogen-bond acceptors (Lipinski definition) is 2. The molecule has 1 aromatic carbocycles. The number of ketones is 1. The SMILES string of the molecule is CC(=O)CC(C#N)c1ccc(Cl)c(Br)c1. The topological polar surface area (TPSA) is 40.9 Å². The Morgan fingerprint density at radius 3 is 2.80 bits per heavy atom. The Morgan fingerprint density at radius 1 is 1.67 bits per heavy atom. The van der Waals surface area contributed by atoms with Crippen molar-refractivity contribution >= 4 is 33.3 Å². The predicted octanol–water partition coefficient (Wildman–Crippen LogP) is 3.69. The van der Waals surface area contributed by atoms with Gasteiger partial charge in [-0.05, 0) is 40.5 Å². The van der Waals surface area contributed by atoms with Crippen LogP contribution in [0.4, 0.5) is 0 Å². The van der Waals surface area contributed by atoms with Gasteiger partial charge < -0.3 is 0 Å². The molecule has 0 aromatic heterocycles. The summed E-state index contributed by atoms with van der Waals surface area (Å²) < 4.78 is 0.741. The lowest BCUT2D eigenvalue weighted by molar-refractivity contribution is -0.117. The van der Waals surface area contributed by atoms with E-state index in [4.69, 9.17) is 16.9 Å². The molecule has 1 atom stereocenters. The second-order valence-corrected chi connectivity index (χ2v) is 4.52. The van der Waals surface area contributed by atoms with Gasteiger partial charge in [-0.1, -0.05) is 17.7 Å². The quantitative estimate of drug-likeness (QED) is 0.850. The molecule has 0 heterocycles. The number of hydrogen-bond donors (Lipinski definition) is 0. The van der Waals surface area contributed by atoms with E-state index < -0.39 is 5.92 Å². The summed E-state index contributed by atoms with van der Waals surface area (Å²) in [6, 6.07) is 7.37. The Balaban J connectivity index is 2.98. The Morgan fingerprint density at radius 2 is 2.33 bits per heavy atom. The van der Waals surface area contributed by atoms with Gasteiger partial charge in [0.1, 0.15) is 5.78 Å². The maximum atomic E-state index is 10.9. The molecule has 0 saturated heterocycles. The Kier molecular flexibility index (Phi) is 4.31. The fourth-order valence-corrected chi connectivity index (χ4v) is 1.77. The second-order valence-electron chi connectivity index (χ2n) is 3.26. The summed E-state index contributed by atoms with van der Waals surface area (Å²) in [6.07, 6.45) is 0.241. The van der Waals surface area contributed by atoms with Gasteiger partial charge in [-0.25, -0.2) is 0 Å². The van der Waals surface area contributed by atoms with Crippen molar-refractivity contribution in [3.05, 3.63) is 33.3 Å². The smallest absolute Gasteiger partial charge is 0.131 e. The van der Waals surface area contributed by atoms with Crippen molar-refractivity contribution in [1.82, 2.24) is 0 Å². The molecule has 0 aliphatic carbocycles. The van der Waals surface area contributed by atoms with Crippen molar-refractivity contribution in [2.24, 2.45) is 0 Å². The average molecular weight is 287 g/mol. The van der Waals surface area contributed by atoms with E-state index in [9.17, 15) is 4.79 Å². The zero-order valence-electron chi connectivity index (χ0n) is 8.13. The van der Waals surface area contributed by atoms with Gasteiger partial charge in [0, 0.05) is 10.9 Å².